The molecule has 0 fully saturated rings. The van der Waals surface area contributed by atoms with Crippen LogP contribution < -0.4 is 11.3 Å². The SMILES string of the molecule is C=CCOCCCCC(=O)NN. The Kier molecular flexibility index (Phi) is 7.63. The summed E-state index contributed by atoms with van der Waals surface area (Å²) in [4.78, 5) is 10.6. The van der Waals surface area contributed by atoms with Gasteiger partial charge in [0.15, 0.2) is 0 Å². The highest BCUT2D eigenvalue weighted by molar-refractivity contribution is 5.74. The largest absolute Gasteiger partial charge is 0.377 e. The molecule has 3 N–H and O–H groups in total. The number of unbranched alkanes of at least 4 members (excludes halogenated alkanes) is 1. The van der Waals surface area contributed by atoms with E-state index in [2.05, 4.69) is 12.0 Å². The van der Waals surface area contributed by atoms with Gasteiger partial charge in [-0.05, 0) is 12.8 Å². The van der Waals surface area contributed by atoms with E-state index in [0.29, 0.717) is 19.6 Å². The van der Waals surface area contributed by atoms with E-state index in [-0.39, 0.29) is 5.91 Å². The molecule has 0 aliphatic heterocycles. The van der Waals surface area contributed by atoms with Crippen molar-refractivity contribution >= 4 is 5.91 Å². The number of hydrogen-bond donors (Lipinski definition) is 2. The van der Waals surface area contributed by atoms with Crippen molar-refractivity contribution in [1.82, 2.24) is 5.43 Å². The predicted molar refractivity (Wildman–Crippen MR) is 47.2 cm³/mol. The summed E-state index contributed by atoms with van der Waals surface area (Å²) >= 11 is 0. The molecule has 12 heavy (non-hydrogen) atoms. The van der Waals surface area contributed by atoms with Crippen LogP contribution >= 0.6 is 0 Å². The molecule has 1 amide bonds. The molecule has 0 bridgehead atoms. The fourth-order valence-corrected chi connectivity index (χ4v) is 0.729. The Morgan fingerprint density at radius 2 is 2.33 bits per heavy atom. The summed E-state index contributed by atoms with van der Waals surface area (Å²) in [6, 6.07) is 0. The number of hydrazine groups is 1. The molecule has 0 unspecified atom stereocenters. The van der Waals surface area contributed by atoms with Gasteiger partial charge in [0, 0.05) is 13.0 Å². The van der Waals surface area contributed by atoms with Crippen molar-refractivity contribution in [2.75, 3.05) is 13.2 Å². The fourth-order valence-electron chi connectivity index (χ4n) is 0.729. The van der Waals surface area contributed by atoms with Crippen molar-refractivity contribution in [1.29, 1.82) is 0 Å². The van der Waals surface area contributed by atoms with Gasteiger partial charge in [-0.2, -0.15) is 0 Å². The molecule has 0 radical (unpaired) electrons. The third-order valence-corrected chi connectivity index (χ3v) is 1.34. The van der Waals surface area contributed by atoms with Gasteiger partial charge < -0.3 is 4.74 Å². The van der Waals surface area contributed by atoms with Crippen molar-refractivity contribution in [3.05, 3.63) is 12.7 Å². The summed E-state index contributed by atoms with van der Waals surface area (Å²) in [6.45, 7) is 4.76. The van der Waals surface area contributed by atoms with Crippen molar-refractivity contribution in [2.24, 2.45) is 5.84 Å². The highest BCUT2D eigenvalue weighted by Gasteiger charge is 1.96. The minimum Gasteiger partial charge on any atom is -0.377 e. The maximum Gasteiger partial charge on any atom is 0.233 e. The van der Waals surface area contributed by atoms with Gasteiger partial charge >= 0.3 is 0 Å². The standard InChI is InChI=1S/C8H16N2O2/c1-2-6-12-7-4-3-5-8(11)10-9/h2H,1,3-7,9H2,(H,10,11). The van der Waals surface area contributed by atoms with Crippen LogP contribution in [0.15, 0.2) is 12.7 Å². The molecule has 0 aromatic carbocycles. The van der Waals surface area contributed by atoms with Crippen LogP contribution in [0, 0.1) is 0 Å². The van der Waals surface area contributed by atoms with Gasteiger partial charge in [-0.1, -0.05) is 6.08 Å². The lowest BCUT2D eigenvalue weighted by atomic mass is 10.2. The lowest BCUT2D eigenvalue weighted by Crippen LogP contribution is -2.29. The zero-order valence-corrected chi connectivity index (χ0v) is 7.21. The Hall–Kier alpha value is -0.870. The average Bonchev–Trinajstić information content (AvgIpc) is 2.10. The first-order valence-corrected chi connectivity index (χ1v) is 3.99. The van der Waals surface area contributed by atoms with Crippen LogP contribution in [-0.2, 0) is 9.53 Å². The second-order valence-electron chi connectivity index (χ2n) is 2.39. The van der Waals surface area contributed by atoms with Crippen LogP contribution in [0.5, 0.6) is 0 Å². The maximum absolute atomic E-state index is 10.6. The number of amides is 1. The Labute approximate surface area is 72.7 Å². The Balaban J connectivity index is 3.00. The van der Waals surface area contributed by atoms with E-state index < -0.39 is 0 Å². The first-order chi connectivity index (χ1) is 5.81. The van der Waals surface area contributed by atoms with E-state index in [4.69, 9.17) is 10.6 Å². The maximum atomic E-state index is 10.6. The van der Waals surface area contributed by atoms with Crippen LogP contribution in [0.2, 0.25) is 0 Å². The van der Waals surface area contributed by atoms with Gasteiger partial charge in [0.05, 0.1) is 6.61 Å². The van der Waals surface area contributed by atoms with E-state index in [9.17, 15) is 4.79 Å². The molecule has 4 nitrogen and oxygen atoms in total. The summed E-state index contributed by atoms with van der Waals surface area (Å²) in [5, 5.41) is 0. The lowest BCUT2D eigenvalue weighted by Gasteiger charge is -2.00. The Morgan fingerprint density at radius 1 is 1.58 bits per heavy atom. The van der Waals surface area contributed by atoms with Crippen molar-refractivity contribution < 1.29 is 9.53 Å². The van der Waals surface area contributed by atoms with Crippen molar-refractivity contribution in [3.63, 3.8) is 0 Å². The van der Waals surface area contributed by atoms with Crippen LogP contribution in [0.3, 0.4) is 0 Å². The van der Waals surface area contributed by atoms with E-state index in [0.717, 1.165) is 12.8 Å². The molecular formula is C8H16N2O2. The van der Waals surface area contributed by atoms with Crippen LogP contribution in [-0.4, -0.2) is 19.1 Å². The fraction of sp³-hybridized carbons (Fsp3) is 0.625. The highest BCUT2D eigenvalue weighted by atomic mass is 16.5. The predicted octanol–water partition coefficient (Wildman–Crippen LogP) is 0.349. The van der Waals surface area contributed by atoms with Crippen molar-refractivity contribution in [2.45, 2.75) is 19.3 Å². The quantitative estimate of drug-likeness (QED) is 0.191. The van der Waals surface area contributed by atoms with Crippen LogP contribution in [0.4, 0.5) is 0 Å². The molecule has 0 atom stereocenters. The molecule has 0 aliphatic carbocycles. The number of hydrogen-bond acceptors (Lipinski definition) is 3. The first-order valence-electron chi connectivity index (χ1n) is 3.99. The van der Waals surface area contributed by atoms with Gasteiger partial charge in [0.1, 0.15) is 0 Å². The monoisotopic (exact) mass is 172 g/mol. The van der Waals surface area contributed by atoms with E-state index in [1.165, 1.54) is 0 Å². The molecule has 0 aromatic heterocycles. The molecule has 0 spiro atoms. The number of carbonyl (C=O) groups excluding carboxylic acids is 1. The molecule has 0 rings (SSSR count). The van der Waals surface area contributed by atoms with Gasteiger partial charge in [-0.15, -0.1) is 6.58 Å². The number of nitrogens with two attached hydrogens (primary N) is 1. The van der Waals surface area contributed by atoms with Crippen molar-refractivity contribution in [3.8, 4) is 0 Å². The highest BCUT2D eigenvalue weighted by Crippen LogP contribution is 1.95. The number of carbonyl (C=O) groups is 1. The number of rotatable bonds is 7. The average molecular weight is 172 g/mol. The smallest absolute Gasteiger partial charge is 0.233 e. The van der Waals surface area contributed by atoms with E-state index in [1.54, 1.807) is 6.08 Å². The van der Waals surface area contributed by atoms with Crippen LogP contribution in [0.1, 0.15) is 19.3 Å². The number of nitrogens with one attached hydrogen (secondary N) is 1. The normalized spacial score (nSPS) is 9.42. The molecule has 0 aliphatic rings. The molecule has 0 heterocycles. The van der Waals surface area contributed by atoms with Gasteiger partial charge in [0.2, 0.25) is 5.91 Å². The molecular weight excluding hydrogens is 156 g/mol. The van der Waals surface area contributed by atoms with Gasteiger partial charge in [0.25, 0.3) is 0 Å². The van der Waals surface area contributed by atoms with Gasteiger partial charge in [-0.25, -0.2) is 5.84 Å². The summed E-state index contributed by atoms with van der Waals surface area (Å²) in [5.74, 6) is 4.76. The van der Waals surface area contributed by atoms with E-state index in [1.807, 2.05) is 0 Å². The second kappa shape index (κ2) is 8.23. The lowest BCUT2D eigenvalue weighted by molar-refractivity contribution is -0.121. The zero-order chi connectivity index (χ0) is 9.23. The molecule has 70 valence electrons. The number of ether oxygens (including phenoxy) is 1. The third-order valence-electron chi connectivity index (χ3n) is 1.34. The molecule has 0 aromatic rings. The summed E-state index contributed by atoms with van der Waals surface area (Å²) in [7, 11) is 0. The second-order valence-corrected chi connectivity index (χ2v) is 2.39. The molecule has 4 heteroatoms. The minimum absolute atomic E-state index is 0.126. The minimum atomic E-state index is -0.126. The topological polar surface area (TPSA) is 64.3 Å². The van der Waals surface area contributed by atoms with Crippen LogP contribution in [0.25, 0.3) is 0 Å². The van der Waals surface area contributed by atoms with E-state index >= 15 is 0 Å². The first kappa shape index (κ1) is 11.1. The Morgan fingerprint density at radius 3 is 2.92 bits per heavy atom. The summed E-state index contributed by atoms with van der Waals surface area (Å²) < 4.78 is 5.12. The third kappa shape index (κ3) is 7.24. The van der Waals surface area contributed by atoms with Gasteiger partial charge in [-0.3, -0.25) is 10.2 Å². The zero-order valence-electron chi connectivity index (χ0n) is 7.21. The summed E-state index contributed by atoms with van der Waals surface area (Å²) in [5.41, 5.74) is 2.07. The Bertz CT molecular complexity index is 137. The molecule has 0 saturated heterocycles. The summed E-state index contributed by atoms with van der Waals surface area (Å²) in [6.07, 6.45) is 3.85. The molecule has 0 saturated carbocycles.